The van der Waals surface area contributed by atoms with Crippen LogP contribution in [0.15, 0.2) is 77.5 Å². The topological polar surface area (TPSA) is 75.4 Å². The van der Waals surface area contributed by atoms with Crippen molar-refractivity contribution in [3.05, 3.63) is 113 Å². The lowest BCUT2D eigenvalue weighted by Gasteiger charge is -2.30. The number of aromatic nitrogens is 1. The van der Waals surface area contributed by atoms with Crippen LogP contribution in [0, 0.1) is 12.7 Å². The molecule has 5 rings (SSSR count). The van der Waals surface area contributed by atoms with E-state index in [2.05, 4.69) is 10.3 Å². The maximum absolute atomic E-state index is 13.2. The zero-order valence-corrected chi connectivity index (χ0v) is 19.3. The Morgan fingerprint density at radius 1 is 1.06 bits per heavy atom. The van der Waals surface area contributed by atoms with E-state index in [9.17, 15) is 14.0 Å². The highest BCUT2D eigenvalue weighted by Gasteiger charge is 2.25. The first-order valence-corrected chi connectivity index (χ1v) is 11.4. The third kappa shape index (κ3) is 4.71. The SMILES string of the molecule is Cc1ncc2c(c1CNC(=O)c1ccco1)CCN(C(=O)c1ccc(-c3ccc(F)cc3)cc1)C2. The van der Waals surface area contributed by atoms with E-state index in [1.165, 1.54) is 18.4 Å². The van der Waals surface area contributed by atoms with Gasteiger partial charge in [-0.3, -0.25) is 14.6 Å². The van der Waals surface area contributed by atoms with E-state index in [1.54, 1.807) is 36.4 Å². The van der Waals surface area contributed by atoms with E-state index < -0.39 is 0 Å². The van der Waals surface area contributed by atoms with Crippen molar-refractivity contribution in [2.75, 3.05) is 6.54 Å². The number of amides is 2. The van der Waals surface area contributed by atoms with E-state index in [1.807, 2.05) is 30.2 Å². The van der Waals surface area contributed by atoms with Crippen LogP contribution in [-0.4, -0.2) is 28.2 Å². The lowest BCUT2D eigenvalue weighted by molar-refractivity contribution is 0.0734. The third-order valence-corrected chi connectivity index (χ3v) is 6.36. The van der Waals surface area contributed by atoms with Gasteiger partial charge >= 0.3 is 0 Å². The molecule has 1 aliphatic rings. The van der Waals surface area contributed by atoms with Crippen LogP contribution in [-0.2, 0) is 19.5 Å². The summed E-state index contributed by atoms with van der Waals surface area (Å²) in [7, 11) is 0. The maximum atomic E-state index is 13.2. The third-order valence-electron chi connectivity index (χ3n) is 6.36. The van der Waals surface area contributed by atoms with Crippen LogP contribution in [0.3, 0.4) is 0 Å². The van der Waals surface area contributed by atoms with Crippen LogP contribution in [0.4, 0.5) is 4.39 Å². The second-order valence-corrected chi connectivity index (χ2v) is 8.55. The van der Waals surface area contributed by atoms with Gasteiger partial charge in [0.15, 0.2) is 5.76 Å². The number of pyridine rings is 1. The lowest BCUT2D eigenvalue weighted by Crippen LogP contribution is -2.37. The van der Waals surface area contributed by atoms with E-state index >= 15 is 0 Å². The first kappa shape index (κ1) is 22.5. The molecule has 0 atom stereocenters. The van der Waals surface area contributed by atoms with Gasteiger partial charge in [0.1, 0.15) is 5.82 Å². The average Bonchev–Trinajstić information content (AvgIpc) is 3.43. The number of halogens is 1. The first-order valence-electron chi connectivity index (χ1n) is 11.4. The number of fused-ring (bicyclic) bond motifs is 1. The smallest absolute Gasteiger partial charge is 0.287 e. The van der Waals surface area contributed by atoms with E-state index in [4.69, 9.17) is 4.42 Å². The summed E-state index contributed by atoms with van der Waals surface area (Å²) in [6.45, 7) is 3.31. The van der Waals surface area contributed by atoms with Crippen LogP contribution in [0.2, 0.25) is 0 Å². The van der Waals surface area contributed by atoms with Gasteiger partial charge in [0.25, 0.3) is 11.8 Å². The molecule has 2 aromatic heterocycles. The van der Waals surface area contributed by atoms with Gasteiger partial charge in [-0.2, -0.15) is 0 Å². The molecule has 7 heteroatoms. The number of hydrogen-bond donors (Lipinski definition) is 1. The summed E-state index contributed by atoms with van der Waals surface area (Å²) in [5, 5.41) is 2.90. The molecule has 0 unspecified atom stereocenters. The zero-order valence-electron chi connectivity index (χ0n) is 19.3. The molecule has 0 aliphatic carbocycles. The number of furan rings is 1. The summed E-state index contributed by atoms with van der Waals surface area (Å²) in [4.78, 5) is 31.8. The zero-order chi connectivity index (χ0) is 24.4. The summed E-state index contributed by atoms with van der Waals surface area (Å²) < 4.78 is 18.3. The number of nitrogens with one attached hydrogen (secondary N) is 1. The molecule has 4 aromatic rings. The van der Waals surface area contributed by atoms with Gasteiger partial charge in [-0.05, 0) is 77.6 Å². The van der Waals surface area contributed by atoms with Crippen molar-refractivity contribution in [3.63, 3.8) is 0 Å². The highest BCUT2D eigenvalue weighted by Crippen LogP contribution is 2.26. The van der Waals surface area contributed by atoms with Crippen LogP contribution in [0.25, 0.3) is 11.1 Å². The number of benzene rings is 2. The number of rotatable bonds is 5. The highest BCUT2D eigenvalue weighted by atomic mass is 19.1. The van der Waals surface area contributed by atoms with E-state index in [-0.39, 0.29) is 23.4 Å². The Bertz CT molecular complexity index is 1360. The quantitative estimate of drug-likeness (QED) is 0.450. The minimum atomic E-state index is -0.279. The van der Waals surface area contributed by atoms with Gasteiger partial charge < -0.3 is 14.6 Å². The van der Waals surface area contributed by atoms with Crippen molar-refractivity contribution in [1.82, 2.24) is 15.2 Å². The fourth-order valence-electron chi connectivity index (χ4n) is 4.42. The highest BCUT2D eigenvalue weighted by molar-refractivity contribution is 5.95. The second kappa shape index (κ2) is 9.54. The molecule has 2 amide bonds. The molecular weight excluding hydrogens is 445 g/mol. The molecule has 35 heavy (non-hydrogen) atoms. The van der Waals surface area contributed by atoms with Gasteiger partial charge in [-0.1, -0.05) is 24.3 Å². The summed E-state index contributed by atoms with van der Waals surface area (Å²) in [6.07, 6.45) is 3.97. The van der Waals surface area contributed by atoms with Crippen molar-refractivity contribution in [3.8, 4) is 11.1 Å². The van der Waals surface area contributed by atoms with Gasteiger partial charge in [0, 0.05) is 37.1 Å². The number of carbonyl (C=O) groups excluding carboxylic acids is 2. The molecule has 0 fully saturated rings. The molecule has 176 valence electrons. The number of hydrogen-bond acceptors (Lipinski definition) is 4. The maximum Gasteiger partial charge on any atom is 0.287 e. The molecule has 0 spiro atoms. The largest absolute Gasteiger partial charge is 0.459 e. The standard InChI is InChI=1S/C28H24FN3O3/c1-18-25(16-31-27(33)26-3-2-14-35-26)24-12-13-32(17-22(24)15-30-18)28(34)21-6-4-19(5-7-21)20-8-10-23(29)11-9-20/h2-11,14-15H,12-13,16-17H2,1H3,(H,31,33). The van der Waals surface area contributed by atoms with Gasteiger partial charge in [0.2, 0.25) is 0 Å². The Morgan fingerprint density at radius 3 is 2.46 bits per heavy atom. The van der Waals surface area contributed by atoms with Crippen molar-refractivity contribution in [2.45, 2.75) is 26.4 Å². The lowest BCUT2D eigenvalue weighted by atomic mass is 9.94. The number of carbonyl (C=O) groups is 2. The molecule has 1 aliphatic heterocycles. The molecule has 3 heterocycles. The van der Waals surface area contributed by atoms with Crippen molar-refractivity contribution < 1.29 is 18.4 Å². The fourth-order valence-corrected chi connectivity index (χ4v) is 4.42. The monoisotopic (exact) mass is 469 g/mol. The van der Waals surface area contributed by atoms with Gasteiger partial charge in [0.05, 0.1) is 6.26 Å². The molecule has 1 N–H and O–H groups in total. The summed E-state index contributed by atoms with van der Waals surface area (Å²) in [5.41, 5.74) is 6.38. The number of nitrogens with zero attached hydrogens (tertiary/aromatic N) is 2. The summed E-state index contributed by atoms with van der Waals surface area (Å²) >= 11 is 0. The van der Waals surface area contributed by atoms with Crippen LogP contribution < -0.4 is 5.32 Å². The van der Waals surface area contributed by atoms with Crippen LogP contribution in [0.5, 0.6) is 0 Å². The predicted octanol–water partition coefficient (Wildman–Crippen LogP) is 4.92. The van der Waals surface area contributed by atoms with E-state index in [0.29, 0.717) is 31.6 Å². The van der Waals surface area contributed by atoms with Crippen LogP contribution >= 0.6 is 0 Å². The molecule has 0 bridgehead atoms. The molecular formula is C28H24FN3O3. The van der Waals surface area contributed by atoms with Crippen molar-refractivity contribution >= 4 is 11.8 Å². The minimum Gasteiger partial charge on any atom is -0.459 e. The Morgan fingerprint density at radius 2 is 1.77 bits per heavy atom. The predicted molar refractivity (Wildman–Crippen MR) is 129 cm³/mol. The van der Waals surface area contributed by atoms with Crippen LogP contribution in [0.1, 0.15) is 43.3 Å². The van der Waals surface area contributed by atoms with E-state index in [0.717, 1.165) is 33.5 Å². The molecule has 6 nitrogen and oxygen atoms in total. The molecule has 0 saturated heterocycles. The Kier molecular flexibility index (Phi) is 6.14. The summed E-state index contributed by atoms with van der Waals surface area (Å²) in [6, 6.07) is 16.9. The van der Waals surface area contributed by atoms with Crippen molar-refractivity contribution in [2.24, 2.45) is 0 Å². The molecule has 0 saturated carbocycles. The van der Waals surface area contributed by atoms with Gasteiger partial charge in [-0.25, -0.2) is 4.39 Å². The normalized spacial score (nSPS) is 12.8. The Hall–Kier alpha value is -4.26. The average molecular weight is 470 g/mol. The first-order chi connectivity index (χ1) is 17.0. The molecule has 2 aromatic carbocycles. The Labute approximate surface area is 202 Å². The summed E-state index contributed by atoms with van der Waals surface area (Å²) in [5.74, 6) is -0.334. The van der Waals surface area contributed by atoms with Crippen molar-refractivity contribution in [1.29, 1.82) is 0 Å². The fraction of sp³-hybridized carbons (Fsp3) is 0.179. The second-order valence-electron chi connectivity index (χ2n) is 8.55. The molecule has 0 radical (unpaired) electrons. The minimum absolute atomic E-state index is 0.0467. The number of aryl methyl sites for hydroxylation is 1. The Balaban J connectivity index is 1.29. The van der Waals surface area contributed by atoms with Gasteiger partial charge in [-0.15, -0.1) is 0 Å².